The van der Waals surface area contributed by atoms with Crippen molar-refractivity contribution >= 4 is 5.71 Å². The second-order valence-electron chi connectivity index (χ2n) is 4.20. The van der Waals surface area contributed by atoms with Gasteiger partial charge in [-0.25, -0.2) is 10.4 Å². The van der Waals surface area contributed by atoms with E-state index in [0.29, 0.717) is 12.3 Å². The molecule has 1 atom stereocenters. The number of likely N-dealkylation sites (N-methyl/N-ethyl adjacent to an activating group) is 1. The molecule has 1 aromatic rings. The summed E-state index contributed by atoms with van der Waals surface area (Å²) in [6.07, 6.45) is 0. The number of hydrogen-bond donors (Lipinski definition) is 2. The van der Waals surface area contributed by atoms with Gasteiger partial charge in [-0.05, 0) is 12.5 Å². The molecule has 0 spiro atoms. The van der Waals surface area contributed by atoms with Gasteiger partial charge >= 0.3 is 0 Å². The Morgan fingerprint density at radius 1 is 1.38 bits per heavy atom. The zero-order chi connectivity index (χ0) is 11.6. The summed E-state index contributed by atoms with van der Waals surface area (Å²) in [5.74, 6) is 0. The molecule has 2 rings (SSSR count). The fourth-order valence-corrected chi connectivity index (χ4v) is 1.91. The molecule has 1 unspecified atom stereocenters. The van der Waals surface area contributed by atoms with Crippen LogP contribution in [0.1, 0.15) is 12.5 Å². The highest BCUT2D eigenvalue weighted by Gasteiger charge is 2.31. The second kappa shape index (κ2) is 4.33. The van der Waals surface area contributed by atoms with Crippen LogP contribution in [-0.4, -0.2) is 41.7 Å². The molecule has 16 heavy (non-hydrogen) atoms. The molecule has 0 saturated carbocycles. The maximum atomic E-state index is 10.4. The van der Waals surface area contributed by atoms with Gasteiger partial charge in [-0.2, -0.15) is 0 Å². The van der Waals surface area contributed by atoms with Crippen molar-refractivity contribution in [2.45, 2.75) is 12.6 Å². The Hall–Kier alpha value is -1.23. The molecule has 1 aliphatic rings. The van der Waals surface area contributed by atoms with Gasteiger partial charge in [0.1, 0.15) is 0 Å². The van der Waals surface area contributed by atoms with Gasteiger partial charge in [0.05, 0.1) is 12.3 Å². The summed E-state index contributed by atoms with van der Waals surface area (Å²) in [6.45, 7) is 3.19. The summed E-state index contributed by atoms with van der Waals surface area (Å²) in [4.78, 5) is 4.46. The lowest BCUT2D eigenvalue weighted by Crippen LogP contribution is -2.55. The van der Waals surface area contributed by atoms with Crippen molar-refractivity contribution < 1.29 is 5.11 Å². The SMILES string of the molecule is CN1CCN=C(c2ccccc2)C(C)(O)N1. The van der Waals surface area contributed by atoms with E-state index in [0.717, 1.165) is 12.1 Å². The molecule has 1 heterocycles. The summed E-state index contributed by atoms with van der Waals surface area (Å²) in [6, 6.07) is 9.76. The molecule has 2 N–H and O–H groups in total. The molecule has 0 radical (unpaired) electrons. The van der Waals surface area contributed by atoms with Crippen LogP contribution in [-0.2, 0) is 0 Å². The molecule has 1 aromatic carbocycles. The largest absolute Gasteiger partial charge is 0.369 e. The van der Waals surface area contributed by atoms with E-state index in [1.54, 1.807) is 6.92 Å². The quantitative estimate of drug-likeness (QED) is 0.728. The lowest BCUT2D eigenvalue weighted by molar-refractivity contribution is 0.0221. The van der Waals surface area contributed by atoms with Crippen LogP contribution in [0.2, 0.25) is 0 Å². The Labute approximate surface area is 95.6 Å². The van der Waals surface area contributed by atoms with Gasteiger partial charge in [-0.3, -0.25) is 4.99 Å². The van der Waals surface area contributed by atoms with E-state index in [9.17, 15) is 5.11 Å². The summed E-state index contributed by atoms with van der Waals surface area (Å²) < 4.78 is 0. The van der Waals surface area contributed by atoms with Gasteiger partial charge in [0.2, 0.25) is 0 Å². The summed E-state index contributed by atoms with van der Waals surface area (Å²) in [7, 11) is 1.90. The fraction of sp³-hybridized carbons (Fsp3) is 0.417. The standard InChI is InChI=1S/C12H17N3O/c1-12(16)11(10-6-4-3-5-7-10)13-8-9-15(2)14-12/h3-7,14,16H,8-9H2,1-2H3. The predicted octanol–water partition coefficient (Wildman–Crippen LogP) is 0.634. The van der Waals surface area contributed by atoms with E-state index in [4.69, 9.17) is 0 Å². The van der Waals surface area contributed by atoms with Crippen LogP contribution in [0.5, 0.6) is 0 Å². The fourth-order valence-electron chi connectivity index (χ4n) is 1.91. The number of rotatable bonds is 1. The van der Waals surface area contributed by atoms with Crippen LogP contribution in [0.25, 0.3) is 0 Å². The minimum atomic E-state index is -1.12. The van der Waals surface area contributed by atoms with E-state index in [1.807, 2.05) is 42.4 Å². The molecular formula is C12H17N3O. The number of benzene rings is 1. The monoisotopic (exact) mass is 219 g/mol. The zero-order valence-corrected chi connectivity index (χ0v) is 9.64. The average molecular weight is 219 g/mol. The van der Waals surface area contributed by atoms with E-state index >= 15 is 0 Å². The average Bonchev–Trinajstić information content (AvgIpc) is 2.37. The third-order valence-corrected chi connectivity index (χ3v) is 2.62. The van der Waals surface area contributed by atoms with Crippen molar-refractivity contribution in [2.75, 3.05) is 20.1 Å². The first-order chi connectivity index (χ1) is 7.59. The molecular weight excluding hydrogens is 202 g/mol. The highest BCUT2D eigenvalue weighted by Crippen LogP contribution is 2.14. The molecule has 0 aromatic heterocycles. The predicted molar refractivity (Wildman–Crippen MR) is 64.2 cm³/mol. The Balaban J connectivity index is 2.35. The van der Waals surface area contributed by atoms with Crippen LogP contribution in [0.4, 0.5) is 0 Å². The zero-order valence-electron chi connectivity index (χ0n) is 9.64. The van der Waals surface area contributed by atoms with Crippen molar-refractivity contribution in [3.63, 3.8) is 0 Å². The summed E-state index contributed by atoms with van der Waals surface area (Å²) in [5.41, 5.74) is 3.55. The van der Waals surface area contributed by atoms with Crippen molar-refractivity contribution in [2.24, 2.45) is 4.99 Å². The van der Waals surface area contributed by atoms with Crippen molar-refractivity contribution in [1.29, 1.82) is 0 Å². The molecule has 0 saturated heterocycles. The number of nitrogens with zero attached hydrogens (tertiary/aromatic N) is 2. The first kappa shape index (κ1) is 11.3. The maximum absolute atomic E-state index is 10.4. The van der Waals surface area contributed by atoms with Gasteiger partial charge in [-0.15, -0.1) is 0 Å². The molecule has 86 valence electrons. The molecule has 1 aliphatic heterocycles. The number of nitrogens with one attached hydrogen (secondary N) is 1. The lowest BCUT2D eigenvalue weighted by atomic mass is 10.0. The molecule has 4 nitrogen and oxygen atoms in total. The van der Waals surface area contributed by atoms with E-state index in [-0.39, 0.29) is 0 Å². The van der Waals surface area contributed by atoms with Crippen molar-refractivity contribution in [1.82, 2.24) is 10.4 Å². The second-order valence-corrected chi connectivity index (χ2v) is 4.20. The molecule has 0 bridgehead atoms. The first-order valence-electron chi connectivity index (χ1n) is 5.41. The summed E-state index contributed by atoms with van der Waals surface area (Å²) >= 11 is 0. The van der Waals surface area contributed by atoms with E-state index < -0.39 is 5.72 Å². The third-order valence-electron chi connectivity index (χ3n) is 2.62. The number of aliphatic hydroxyl groups is 1. The first-order valence-corrected chi connectivity index (χ1v) is 5.41. The van der Waals surface area contributed by atoms with Crippen molar-refractivity contribution in [3.8, 4) is 0 Å². The van der Waals surface area contributed by atoms with Gasteiger partial charge in [0, 0.05) is 13.6 Å². The van der Waals surface area contributed by atoms with Crippen LogP contribution in [0.3, 0.4) is 0 Å². The summed E-state index contributed by atoms with van der Waals surface area (Å²) in [5, 5.41) is 12.2. The Kier molecular flexibility index (Phi) is 3.05. The van der Waals surface area contributed by atoms with Gasteiger partial charge in [-0.1, -0.05) is 30.3 Å². The van der Waals surface area contributed by atoms with E-state index in [1.165, 1.54) is 0 Å². The highest BCUT2D eigenvalue weighted by molar-refractivity contribution is 6.06. The molecule has 0 amide bonds. The van der Waals surface area contributed by atoms with Gasteiger partial charge < -0.3 is 5.11 Å². The van der Waals surface area contributed by atoms with E-state index in [2.05, 4.69) is 10.4 Å². The van der Waals surface area contributed by atoms with Crippen LogP contribution in [0.15, 0.2) is 35.3 Å². The molecule has 0 aliphatic carbocycles. The Bertz CT molecular complexity index is 387. The minimum Gasteiger partial charge on any atom is -0.369 e. The van der Waals surface area contributed by atoms with Crippen molar-refractivity contribution in [3.05, 3.63) is 35.9 Å². The van der Waals surface area contributed by atoms with Crippen LogP contribution in [0, 0.1) is 0 Å². The lowest BCUT2D eigenvalue weighted by Gasteiger charge is -2.29. The Morgan fingerprint density at radius 3 is 2.75 bits per heavy atom. The normalized spacial score (nSPS) is 27.3. The third kappa shape index (κ3) is 2.29. The Morgan fingerprint density at radius 2 is 2.06 bits per heavy atom. The molecule has 0 fully saturated rings. The van der Waals surface area contributed by atoms with Crippen LogP contribution >= 0.6 is 0 Å². The van der Waals surface area contributed by atoms with Gasteiger partial charge in [0.25, 0.3) is 0 Å². The van der Waals surface area contributed by atoms with Gasteiger partial charge in [0.15, 0.2) is 5.72 Å². The minimum absolute atomic E-state index is 0.684. The van der Waals surface area contributed by atoms with Crippen LogP contribution < -0.4 is 5.43 Å². The topological polar surface area (TPSA) is 47.9 Å². The number of hydrazine groups is 1. The molecule has 4 heteroatoms. The number of aliphatic imine (C=N–C) groups is 1. The highest BCUT2D eigenvalue weighted by atomic mass is 16.3. The maximum Gasteiger partial charge on any atom is 0.168 e. The smallest absolute Gasteiger partial charge is 0.168 e. The number of hydrogen-bond acceptors (Lipinski definition) is 4.